The van der Waals surface area contributed by atoms with Crippen molar-refractivity contribution in [3.8, 4) is 11.3 Å². The number of carbonyl (C=O) groups excluding carboxylic acids is 1. The molecule has 0 saturated carbocycles. The second-order valence-corrected chi connectivity index (χ2v) is 12.3. The first-order chi connectivity index (χ1) is 19.1. The van der Waals surface area contributed by atoms with Crippen molar-refractivity contribution in [2.24, 2.45) is 0 Å². The number of hydrogen-bond acceptors (Lipinski definition) is 8. The van der Waals surface area contributed by atoms with Crippen LogP contribution in [0.4, 0.5) is 10.6 Å². The highest BCUT2D eigenvalue weighted by Crippen LogP contribution is 2.32. The summed E-state index contributed by atoms with van der Waals surface area (Å²) in [5, 5.41) is 3.52. The topological polar surface area (TPSA) is 116 Å². The van der Waals surface area contributed by atoms with Crippen molar-refractivity contribution in [2.45, 2.75) is 37.7 Å². The van der Waals surface area contributed by atoms with Gasteiger partial charge in [-0.2, -0.15) is 0 Å². The minimum absolute atomic E-state index is 0.217. The first kappa shape index (κ1) is 27.6. The zero-order valence-corrected chi connectivity index (χ0v) is 23.6. The van der Waals surface area contributed by atoms with E-state index in [2.05, 4.69) is 10.2 Å². The van der Waals surface area contributed by atoms with Crippen molar-refractivity contribution in [3.05, 3.63) is 72.7 Å². The lowest BCUT2D eigenvalue weighted by molar-refractivity contribution is 0.0528. The van der Waals surface area contributed by atoms with Gasteiger partial charge in [-0.3, -0.25) is 0 Å². The number of rotatable bonds is 7. The van der Waals surface area contributed by atoms with Gasteiger partial charge < -0.3 is 19.7 Å². The lowest BCUT2D eigenvalue weighted by atomic mass is 10.1. The van der Waals surface area contributed by atoms with Gasteiger partial charge in [-0.25, -0.2) is 27.2 Å². The summed E-state index contributed by atoms with van der Waals surface area (Å²) in [5.74, 6) is 1.32. The molecule has 0 spiro atoms. The highest BCUT2D eigenvalue weighted by molar-refractivity contribution is 7.90. The van der Waals surface area contributed by atoms with Crippen LogP contribution in [-0.4, -0.2) is 66.9 Å². The van der Waals surface area contributed by atoms with Crippen LogP contribution in [-0.2, 0) is 25.9 Å². The summed E-state index contributed by atoms with van der Waals surface area (Å²) in [6, 6.07) is 17.6. The van der Waals surface area contributed by atoms with Gasteiger partial charge in [0.15, 0.2) is 0 Å². The van der Waals surface area contributed by atoms with E-state index in [4.69, 9.17) is 19.4 Å². The van der Waals surface area contributed by atoms with Gasteiger partial charge in [-0.1, -0.05) is 30.3 Å². The van der Waals surface area contributed by atoms with Gasteiger partial charge in [0.1, 0.15) is 17.2 Å². The number of aromatic nitrogens is 3. The number of hydrogen-bond donors (Lipinski definition) is 1. The van der Waals surface area contributed by atoms with Crippen molar-refractivity contribution in [1.82, 2.24) is 19.3 Å². The molecule has 1 N–H and O–H groups in total. The Kier molecular flexibility index (Phi) is 7.77. The van der Waals surface area contributed by atoms with E-state index in [0.29, 0.717) is 56.3 Å². The molecule has 3 heterocycles. The summed E-state index contributed by atoms with van der Waals surface area (Å²) in [5.41, 5.74) is 1.43. The van der Waals surface area contributed by atoms with Crippen LogP contribution in [0, 0.1) is 0 Å². The van der Waals surface area contributed by atoms with Crippen molar-refractivity contribution in [2.75, 3.05) is 37.7 Å². The van der Waals surface area contributed by atoms with E-state index in [9.17, 15) is 13.2 Å². The molecule has 210 valence electrons. The number of nitrogens with zero attached hydrogens (tertiary/aromatic N) is 4. The number of alkyl carbamates (subject to hydrolysis) is 1. The Balaban J connectivity index is 1.50. The number of ether oxygens (including phenoxy) is 2. The molecule has 0 aliphatic carbocycles. The molecular weight excluding hydrogens is 530 g/mol. The largest absolute Gasteiger partial charge is 0.444 e. The van der Waals surface area contributed by atoms with Crippen molar-refractivity contribution in [1.29, 1.82) is 0 Å². The maximum atomic E-state index is 13.4. The average Bonchev–Trinajstić information content (AvgIpc) is 3.38. The van der Waals surface area contributed by atoms with Crippen LogP contribution < -0.4 is 10.2 Å². The van der Waals surface area contributed by atoms with Crippen LogP contribution in [0.2, 0.25) is 0 Å². The van der Waals surface area contributed by atoms with Crippen molar-refractivity contribution < 1.29 is 22.7 Å². The molecule has 2 aromatic carbocycles. The average molecular weight is 564 g/mol. The molecule has 0 radical (unpaired) electrons. The third kappa shape index (κ3) is 6.10. The predicted octanol–water partition coefficient (Wildman–Crippen LogP) is 4.24. The molecule has 1 saturated heterocycles. The number of anilines is 1. The third-order valence-corrected chi connectivity index (χ3v) is 8.09. The molecular formula is C29H33N5O5S. The lowest BCUT2D eigenvalue weighted by Crippen LogP contribution is -2.37. The standard InChI is InChI=1S/C29H33N5O5S/c1-29(2,3)39-28(35)30-14-12-26-31-24(20-27(32-26)33-16-18-38-19-17-33)22-10-7-11-25-23(22)13-15-34(25)40(36,37)21-8-5-4-6-9-21/h4-11,13,15,20H,12,14,16-19H2,1-3H3,(H,30,35). The molecule has 4 aromatic rings. The molecule has 5 rings (SSSR count). The van der Waals surface area contributed by atoms with Gasteiger partial charge in [-0.05, 0) is 45.0 Å². The summed E-state index contributed by atoms with van der Waals surface area (Å²) >= 11 is 0. The summed E-state index contributed by atoms with van der Waals surface area (Å²) in [4.78, 5) is 24.1. The number of nitrogens with one attached hydrogen (secondary N) is 1. The van der Waals surface area contributed by atoms with Gasteiger partial charge in [0.05, 0.1) is 29.3 Å². The van der Waals surface area contributed by atoms with E-state index >= 15 is 0 Å². The van der Waals surface area contributed by atoms with Crippen LogP contribution in [0.1, 0.15) is 26.6 Å². The summed E-state index contributed by atoms with van der Waals surface area (Å²) < 4.78 is 39.0. The molecule has 10 nitrogen and oxygen atoms in total. The highest BCUT2D eigenvalue weighted by atomic mass is 32.2. The van der Waals surface area contributed by atoms with Crippen LogP contribution in [0.15, 0.2) is 71.8 Å². The van der Waals surface area contributed by atoms with E-state index in [0.717, 1.165) is 16.8 Å². The predicted molar refractivity (Wildman–Crippen MR) is 153 cm³/mol. The van der Waals surface area contributed by atoms with Crippen LogP contribution in [0.3, 0.4) is 0 Å². The summed E-state index contributed by atoms with van der Waals surface area (Å²) in [7, 11) is -3.78. The Morgan fingerprint density at radius 3 is 2.50 bits per heavy atom. The molecule has 11 heteroatoms. The Morgan fingerprint density at radius 1 is 1.02 bits per heavy atom. The molecule has 0 atom stereocenters. The number of carbonyl (C=O) groups is 1. The van der Waals surface area contributed by atoms with Crippen LogP contribution >= 0.6 is 0 Å². The zero-order valence-electron chi connectivity index (χ0n) is 22.8. The zero-order chi connectivity index (χ0) is 28.3. The summed E-state index contributed by atoms with van der Waals surface area (Å²) in [6.45, 7) is 8.34. The minimum atomic E-state index is -3.78. The number of benzene rings is 2. The fourth-order valence-electron chi connectivity index (χ4n) is 4.56. The van der Waals surface area contributed by atoms with E-state index < -0.39 is 21.7 Å². The third-order valence-electron chi connectivity index (χ3n) is 6.38. The Morgan fingerprint density at radius 2 is 1.77 bits per heavy atom. The molecule has 1 aliphatic heterocycles. The number of morpholine rings is 1. The van der Waals surface area contributed by atoms with Gasteiger partial charge in [0, 0.05) is 49.3 Å². The number of amides is 1. The molecule has 0 bridgehead atoms. The molecule has 2 aromatic heterocycles. The quantitative estimate of drug-likeness (QED) is 0.355. The van der Waals surface area contributed by atoms with E-state index in [-0.39, 0.29) is 4.90 Å². The minimum Gasteiger partial charge on any atom is -0.444 e. The Bertz CT molecular complexity index is 1610. The number of fused-ring (bicyclic) bond motifs is 1. The van der Waals surface area contributed by atoms with Crippen LogP contribution in [0.5, 0.6) is 0 Å². The first-order valence-corrected chi connectivity index (χ1v) is 14.6. The lowest BCUT2D eigenvalue weighted by Gasteiger charge is -2.28. The molecule has 0 unspecified atom stereocenters. The van der Waals surface area contributed by atoms with Gasteiger partial charge in [-0.15, -0.1) is 0 Å². The monoisotopic (exact) mass is 563 g/mol. The van der Waals surface area contributed by atoms with E-state index in [1.807, 2.05) is 39.0 Å². The van der Waals surface area contributed by atoms with Gasteiger partial charge in [0.2, 0.25) is 0 Å². The van der Waals surface area contributed by atoms with Crippen LogP contribution in [0.25, 0.3) is 22.2 Å². The second kappa shape index (κ2) is 11.3. The van der Waals surface area contributed by atoms with Gasteiger partial charge >= 0.3 is 6.09 Å². The molecule has 1 amide bonds. The fourth-order valence-corrected chi connectivity index (χ4v) is 5.93. The van der Waals surface area contributed by atoms with E-state index in [1.54, 1.807) is 48.7 Å². The van der Waals surface area contributed by atoms with Crippen molar-refractivity contribution >= 4 is 32.8 Å². The Labute approximate surface area is 234 Å². The maximum absolute atomic E-state index is 13.4. The second-order valence-electron chi connectivity index (χ2n) is 10.5. The fraction of sp³-hybridized carbons (Fsp3) is 0.345. The van der Waals surface area contributed by atoms with Gasteiger partial charge in [0.25, 0.3) is 10.0 Å². The SMILES string of the molecule is CC(C)(C)OC(=O)NCCc1nc(-c2cccc3c2ccn3S(=O)(=O)c2ccccc2)cc(N2CCOCC2)n1. The van der Waals surface area contributed by atoms with Crippen molar-refractivity contribution in [3.63, 3.8) is 0 Å². The smallest absolute Gasteiger partial charge is 0.407 e. The Hall–Kier alpha value is -3.96. The van der Waals surface area contributed by atoms with E-state index in [1.165, 1.54) is 3.97 Å². The maximum Gasteiger partial charge on any atom is 0.407 e. The molecule has 1 aliphatic rings. The molecule has 1 fully saturated rings. The normalized spacial score (nSPS) is 14.3. The molecule has 40 heavy (non-hydrogen) atoms. The first-order valence-electron chi connectivity index (χ1n) is 13.2. The highest BCUT2D eigenvalue weighted by Gasteiger charge is 2.22. The summed E-state index contributed by atoms with van der Waals surface area (Å²) in [6.07, 6.45) is 1.47.